The molecule has 2 rings (SSSR count). The number of ether oxygens (including phenoxy) is 2. The minimum absolute atomic E-state index is 0. The molecule has 1 N–H and O–H groups in total. The van der Waals surface area contributed by atoms with E-state index < -0.39 is 0 Å². The van der Waals surface area contributed by atoms with E-state index in [9.17, 15) is 0 Å². The maximum atomic E-state index is 5.98. The zero-order chi connectivity index (χ0) is 20.7. The van der Waals surface area contributed by atoms with Crippen LogP contribution in [-0.4, -0.2) is 113 Å². The van der Waals surface area contributed by atoms with Crippen LogP contribution in [0.1, 0.15) is 46.0 Å². The van der Waals surface area contributed by atoms with Gasteiger partial charge < -0.3 is 29.5 Å². The maximum absolute atomic E-state index is 5.98. The van der Waals surface area contributed by atoms with Gasteiger partial charge in [0.15, 0.2) is 5.96 Å². The van der Waals surface area contributed by atoms with E-state index >= 15 is 0 Å². The molecule has 0 spiro atoms. The number of unbranched alkanes of at least 4 members (excludes halogenated alkanes) is 1. The summed E-state index contributed by atoms with van der Waals surface area (Å²) >= 11 is 0. The molecule has 0 aliphatic carbocycles. The van der Waals surface area contributed by atoms with E-state index in [-0.39, 0.29) is 24.0 Å². The number of piperazine rings is 1. The van der Waals surface area contributed by atoms with E-state index in [1.165, 1.54) is 52.1 Å². The van der Waals surface area contributed by atoms with Crippen molar-refractivity contribution in [1.82, 2.24) is 20.0 Å². The van der Waals surface area contributed by atoms with Crippen molar-refractivity contribution in [2.45, 2.75) is 52.1 Å². The highest BCUT2D eigenvalue weighted by Gasteiger charge is 2.21. The van der Waals surface area contributed by atoms with Crippen LogP contribution in [0.5, 0.6) is 0 Å². The quantitative estimate of drug-likeness (QED) is 0.178. The smallest absolute Gasteiger partial charge is 0.193 e. The molecule has 2 aliphatic heterocycles. The molecule has 2 aliphatic rings. The first-order valence-electron chi connectivity index (χ1n) is 11.8. The van der Waals surface area contributed by atoms with Gasteiger partial charge >= 0.3 is 0 Å². The molecule has 0 saturated carbocycles. The number of piperidine rings is 1. The Kier molecular flexibility index (Phi) is 16.2. The summed E-state index contributed by atoms with van der Waals surface area (Å²) in [7, 11) is 1.74. The summed E-state index contributed by atoms with van der Waals surface area (Å²) in [5, 5.41) is 3.48. The van der Waals surface area contributed by atoms with Crippen LogP contribution in [0.3, 0.4) is 0 Å². The van der Waals surface area contributed by atoms with Gasteiger partial charge in [0, 0.05) is 72.7 Å². The largest absolute Gasteiger partial charge is 0.385 e. The van der Waals surface area contributed by atoms with E-state index in [1.807, 2.05) is 0 Å². The number of nitrogens with zero attached hydrogens (tertiary/aromatic N) is 4. The molecule has 178 valence electrons. The van der Waals surface area contributed by atoms with Gasteiger partial charge in [-0.1, -0.05) is 6.92 Å². The van der Waals surface area contributed by atoms with Gasteiger partial charge in [-0.25, -0.2) is 0 Å². The van der Waals surface area contributed by atoms with Gasteiger partial charge in [-0.05, 0) is 52.1 Å². The number of likely N-dealkylation sites (N-methyl/N-ethyl adjacent to an activating group) is 1. The lowest BCUT2D eigenvalue weighted by Gasteiger charge is -2.34. The average molecular weight is 540 g/mol. The number of guanidine groups is 1. The number of hydrogen-bond donors (Lipinski definition) is 1. The van der Waals surface area contributed by atoms with E-state index in [0.29, 0.717) is 6.10 Å². The Morgan fingerprint density at radius 3 is 2.27 bits per heavy atom. The molecule has 0 unspecified atom stereocenters. The normalized spacial score (nSPS) is 19.7. The lowest BCUT2D eigenvalue weighted by molar-refractivity contribution is 0.00990. The topological polar surface area (TPSA) is 52.6 Å². The Morgan fingerprint density at radius 1 is 0.933 bits per heavy atom. The third kappa shape index (κ3) is 10.9. The van der Waals surface area contributed by atoms with Crippen molar-refractivity contribution in [2.24, 2.45) is 4.99 Å². The molecular weight excluding hydrogens is 493 g/mol. The molecule has 0 radical (unpaired) electrons. The van der Waals surface area contributed by atoms with Crippen molar-refractivity contribution >= 4 is 29.9 Å². The fourth-order valence-corrected chi connectivity index (χ4v) is 4.07. The maximum Gasteiger partial charge on any atom is 0.193 e. The lowest BCUT2D eigenvalue weighted by atomic mass is 10.1. The highest BCUT2D eigenvalue weighted by molar-refractivity contribution is 14.0. The van der Waals surface area contributed by atoms with Crippen molar-refractivity contribution in [3.8, 4) is 0 Å². The predicted octanol–water partition coefficient (Wildman–Crippen LogP) is 2.51. The molecule has 7 nitrogen and oxygen atoms in total. The summed E-state index contributed by atoms with van der Waals surface area (Å²) in [6, 6.07) is 0. The highest BCUT2D eigenvalue weighted by Crippen LogP contribution is 2.14. The first-order chi connectivity index (χ1) is 14.3. The monoisotopic (exact) mass is 539 g/mol. The molecule has 8 heteroatoms. The summed E-state index contributed by atoms with van der Waals surface area (Å²) in [5.74, 6) is 1.09. The van der Waals surface area contributed by atoms with Crippen LogP contribution >= 0.6 is 24.0 Å². The number of methoxy groups -OCH3 is 1. The molecule has 2 heterocycles. The average Bonchev–Trinajstić information content (AvgIpc) is 2.77. The van der Waals surface area contributed by atoms with Gasteiger partial charge in [0.1, 0.15) is 0 Å². The summed E-state index contributed by atoms with van der Waals surface area (Å²) in [6.45, 7) is 17.2. The fourth-order valence-electron chi connectivity index (χ4n) is 4.07. The Morgan fingerprint density at radius 2 is 1.63 bits per heavy atom. The number of hydrogen-bond acceptors (Lipinski definition) is 5. The highest BCUT2D eigenvalue weighted by atomic mass is 127. The van der Waals surface area contributed by atoms with Crippen LogP contribution in [0.4, 0.5) is 0 Å². The fraction of sp³-hybridized carbons (Fsp3) is 0.955. The third-order valence-corrected chi connectivity index (χ3v) is 5.98. The number of halogens is 1. The minimum Gasteiger partial charge on any atom is -0.385 e. The molecule has 0 aromatic rings. The molecule has 30 heavy (non-hydrogen) atoms. The SMILES string of the molecule is CCNC(=NCCCCN1CCN(CC)CC1)N1CCC(OCCCOC)CC1.I. The van der Waals surface area contributed by atoms with Crippen molar-refractivity contribution in [1.29, 1.82) is 0 Å². The van der Waals surface area contributed by atoms with Gasteiger partial charge in [-0.3, -0.25) is 4.99 Å². The molecule has 2 saturated heterocycles. The Bertz CT molecular complexity index is 439. The van der Waals surface area contributed by atoms with Crippen molar-refractivity contribution in [2.75, 3.05) is 85.8 Å². The Hall–Kier alpha value is -0.160. The zero-order valence-electron chi connectivity index (χ0n) is 19.6. The van der Waals surface area contributed by atoms with Crippen LogP contribution in [0, 0.1) is 0 Å². The van der Waals surface area contributed by atoms with Crippen molar-refractivity contribution < 1.29 is 9.47 Å². The predicted molar refractivity (Wildman–Crippen MR) is 136 cm³/mol. The number of nitrogens with one attached hydrogen (secondary N) is 1. The van der Waals surface area contributed by atoms with Crippen LogP contribution in [0.2, 0.25) is 0 Å². The van der Waals surface area contributed by atoms with Crippen LogP contribution < -0.4 is 5.32 Å². The van der Waals surface area contributed by atoms with Crippen molar-refractivity contribution in [3.63, 3.8) is 0 Å². The third-order valence-electron chi connectivity index (χ3n) is 5.98. The minimum atomic E-state index is 0. The van der Waals surface area contributed by atoms with Gasteiger partial charge in [0.25, 0.3) is 0 Å². The molecular formula is C22H46IN5O2. The molecule has 0 aromatic carbocycles. The lowest BCUT2D eigenvalue weighted by Crippen LogP contribution is -2.47. The number of aliphatic imine (C=N–C) groups is 1. The first kappa shape index (κ1) is 27.9. The number of rotatable bonds is 12. The van der Waals surface area contributed by atoms with E-state index in [0.717, 1.165) is 64.6 Å². The molecule has 2 fully saturated rings. The summed E-state index contributed by atoms with van der Waals surface area (Å²) in [5.41, 5.74) is 0. The first-order valence-corrected chi connectivity index (χ1v) is 11.8. The Balaban J connectivity index is 0.00000450. The molecule has 0 bridgehead atoms. The van der Waals surface area contributed by atoms with Gasteiger partial charge in [0.2, 0.25) is 0 Å². The Labute approximate surface area is 201 Å². The van der Waals surface area contributed by atoms with Crippen LogP contribution in [0.25, 0.3) is 0 Å². The van der Waals surface area contributed by atoms with Crippen LogP contribution in [-0.2, 0) is 9.47 Å². The van der Waals surface area contributed by atoms with Gasteiger partial charge in [-0.2, -0.15) is 0 Å². The molecule has 0 aromatic heterocycles. The van der Waals surface area contributed by atoms with E-state index in [2.05, 4.69) is 33.9 Å². The molecule has 0 atom stereocenters. The molecule has 0 amide bonds. The second-order valence-electron chi connectivity index (χ2n) is 8.12. The van der Waals surface area contributed by atoms with E-state index in [1.54, 1.807) is 7.11 Å². The van der Waals surface area contributed by atoms with Crippen molar-refractivity contribution in [3.05, 3.63) is 0 Å². The summed E-state index contributed by atoms with van der Waals surface area (Å²) in [4.78, 5) is 12.5. The summed E-state index contributed by atoms with van der Waals surface area (Å²) in [6.07, 6.45) is 5.95. The van der Waals surface area contributed by atoms with Gasteiger partial charge in [0.05, 0.1) is 6.10 Å². The second kappa shape index (κ2) is 17.4. The standard InChI is InChI=1S/C22H45N5O2.HI/c1-4-23-22(27-13-9-21(10-14-27)29-20-8-19-28-3)24-11-6-7-12-26-17-15-25(5-2)16-18-26;/h21H,4-20H2,1-3H3,(H,23,24);1H. The van der Waals surface area contributed by atoms with Gasteiger partial charge in [-0.15, -0.1) is 24.0 Å². The number of likely N-dealkylation sites (tertiary alicyclic amines) is 1. The van der Waals surface area contributed by atoms with E-state index in [4.69, 9.17) is 14.5 Å². The van der Waals surface area contributed by atoms with Crippen LogP contribution in [0.15, 0.2) is 4.99 Å². The second-order valence-corrected chi connectivity index (χ2v) is 8.12. The zero-order valence-corrected chi connectivity index (χ0v) is 21.9. The summed E-state index contributed by atoms with van der Waals surface area (Å²) < 4.78 is 11.1.